The first-order valence-electron chi connectivity index (χ1n) is 8.59. The summed E-state index contributed by atoms with van der Waals surface area (Å²) < 4.78 is 23.0. The van der Waals surface area contributed by atoms with Crippen LogP contribution in [0.2, 0.25) is 0 Å². The van der Waals surface area contributed by atoms with Gasteiger partial charge in [-0.05, 0) is 48.6 Å². The molecule has 2 aromatic rings. The monoisotopic (exact) mass is 368 g/mol. The van der Waals surface area contributed by atoms with E-state index in [4.69, 9.17) is 5.14 Å². The second kappa shape index (κ2) is 6.07. The molecule has 1 aliphatic heterocycles. The smallest absolute Gasteiger partial charge is 0.255 e. The minimum atomic E-state index is -3.73. The maximum Gasteiger partial charge on any atom is 0.255 e. The number of benzene rings is 2. The molecule has 1 fully saturated rings. The number of carbonyl (C=O) groups is 1. The van der Waals surface area contributed by atoms with Gasteiger partial charge in [-0.15, -0.1) is 0 Å². The Hall–Kier alpha value is -2.44. The molecule has 1 heterocycles. The van der Waals surface area contributed by atoms with Gasteiger partial charge in [-0.25, -0.2) is 13.6 Å². The van der Waals surface area contributed by atoms with Gasteiger partial charge in [0.25, 0.3) is 5.91 Å². The molecule has 26 heavy (non-hydrogen) atoms. The van der Waals surface area contributed by atoms with Crippen LogP contribution >= 0.6 is 0 Å². The third-order valence-corrected chi connectivity index (χ3v) is 5.89. The standard InChI is InChI=1S/C20H20N2O3S/c1-13-2-4-15(5-3-13)19-18(12-22(20(19)23)16-8-9-16)14-6-10-17(11-7-14)26(21,24)25/h2-7,10-11,16H,8-9,12H2,1H3,(H2,21,24,25). The summed E-state index contributed by atoms with van der Waals surface area (Å²) in [4.78, 5) is 15.0. The molecule has 0 unspecified atom stereocenters. The zero-order chi connectivity index (χ0) is 18.5. The zero-order valence-electron chi connectivity index (χ0n) is 14.5. The van der Waals surface area contributed by atoms with Gasteiger partial charge in [0.05, 0.1) is 10.5 Å². The summed E-state index contributed by atoms with van der Waals surface area (Å²) in [6.45, 7) is 2.57. The van der Waals surface area contributed by atoms with Crippen molar-refractivity contribution in [3.8, 4) is 0 Å². The van der Waals surface area contributed by atoms with Crippen molar-refractivity contribution in [2.75, 3.05) is 6.54 Å². The number of hydrogen-bond donors (Lipinski definition) is 1. The fourth-order valence-corrected chi connectivity index (χ4v) is 3.89. The quantitative estimate of drug-likeness (QED) is 0.901. The lowest BCUT2D eigenvalue weighted by molar-refractivity contribution is -0.124. The maximum absolute atomic E-state index is 13.0. The van der Waals surface area contributed by atoms with E-state index in [1.807, 2.05) is 36.1 Å². The van der Waals surface area contributed by atoms with Crippen molar-refractivity contribution in [3.63, 3.8) is 0 Å². The molecular weight excluding hydrogens is 348 g/mol. The molecule has 0 bridgehead atoms. The van der Waals surface area contributed by atoms with Gasteiger partial charge in [-0.2, -0.15) is 0 Å². The molecule has 0 spiro atoms. The van der Waals surface area contributed by atoms with Gasteiger partial charge in [-0.3, -0.25) is 4.79 Å². The van der Waals surface area contributed by atoms with Gasteiger partial charge in [0.1, 0.15) is 0 Å². The fourth-order valence-electron chi connectivity index (χ4n) is 3.37. The van der Waals surface area contributed by atoms with Crippen LogP contribution in [0.3, 0.4) is 0 Å². The Kier molecular flexibility index (Phi) is 3.97. The summed E-state index contributed by atoms with van der Waals surface area (Å²) in [7, 11) is -3.73. The molecule has 1 aliphatic carbocycles. The van der Waals surface area contributed by atoms with E-state index in [0.717, 1.165) is 35.1 Å². The molecule has 0 aromatic heterocycles. The van der Waals surface area contributed by atoms with Crippen LogP contribution in [0, 0.1) is 6.92 Å². The first kappa shape index (κ1) is 17.0. The summed E-state index contributed by atoms with van der Waals surface area (Å²) in [5, 5.41) is 5.18. The average molecular weight is 368 g/mol. The van der Waals surface area contributed by atoms with Crippen molar-refractivity contribution in [2.24, 2.45) is 5.14 Å². The highest BCUT2D eigenvalue weighted by molar-refractivity contribution is 7.89. The molecule has 4 rings (SSSR count). The van der Waals surface area contributed by atoms with Crippen LogP contribution in [0.5, 0.6) is 0 Å². The number of nitrogens with two attached hydrogens (primary N) is 1. The molecule has 2 aliphatic rings. The molecule has 6 heteroatoms. The van der Waals surface area contributed by atoms with Crippen LogP contribution in [-0.2, 0) is 14.8 Å². The molecule has 5 nitrogen and oxygen atoms in total. The number of aryl methyl sites for hydroxylation is 1. The molecule has 1 saturated carbocycles. The van der Waals surface area contributed by atoms with Crippen molar-refractivity contribution in [2.45, 2.75) is 30.7 Å². The summed E-state index contributed by atoms with van der Waals surface area (Å²) in [5.74, 6) is 0.0573. The largest absolute Gasteiger partial charge is 0.331 e. The van der Waals surface area contributed by atoms with Crippen molar-refractivity contribution in [1.29, 1.82) is 0 Å². The molecule has 0 saturated heterocycles. The molecule has 0 atom stereocenters. The van der Waals surface area contributed by atoms with Gasteiger partial charge in [0.2, 0.25) is 10.0 Å². The summed E-state index contributed by atoms with van der Waals surface area (Å²) >= 11 is 0. The highest BCUT2D eigenvalue weighted by Crippen LogP contribution is 2.40. The van der Waals surface area contributed by atoms with Crippen molar-refractivity contribution in [3.05, 3.63) is 65.2 Å². The SMILES string of the molecule is Cc1ccc(C2=C(c3ccc(S(N)(=O)=O)cc3)CN(C3CC3)C2=O)cc1. The fraction of sp³-hybridized carbons (Fsp3) is 0.250. The Balaban J connectivity index is 1.80. The van der Waals surface area contributed by atoms with Gasteiger partial charge >= 0.3 is 0 Å². The highest BCUT2D eigenvalue weighted by Gasteiger charge is 2.40. The normalized spacial score (nSPS) is 17.9. The second-order valence-electron chi connectivity index (χ2n) is 6.95. The van der Waals surface area contributed by atoms with E-state index in [0.29, 0.717) is 18.2 Å². The van der Waals surface area contributed by atoms with E-state index in [1.54, 1.807) is 12.1 Å². The molecule has 134 valence electrons. The Labute approximate surface area is 153 Å². The van der Waals surface area contributed by atoms with Gasteiger partial charge < -0.3 is 4.90 Å². The zero-order valence-corrected chi connectivity index (χ0v) is 15.3. The molecule has 0 radical (unpaired) electrons. The van der Waals surface area contributed by atoms with E-state index < -0.39 is 10.0 Å². The predicted octanol–water partition coefficient (Wildman–Crippen LogP) is 2.56. The lowest BCUT2D eigenvalue weighted by atomic mass is 9.96. The minimum Gasteiger partial charge on any atom is -0.331 e. The summed E-state index contributed by atoms with van der Waals surface area (Å²) in [6.07, 6.45) is 2.09. The number of carbonyl (C=O) groups excluding carboxylic acids is 1. The van der Waals surface area contributed by atoms with Crippen LogP contribution in [0.25, 0.3) is 11.1 Å². The third kappa shape index (κ3) is 3.06. The number of hydrogen-bond acceptors (Lipinski definition) is 3. The minimum absolute atomic E-state index is 0.0573. The lowest BCUT2D eigenvalue weighted by Crippen LogP contribution is -2.29. The number of sulfonamides is 1. The van der Waals surface area contributed by atoms with Crippen LogP contribution in [-0.4, -0.2) is 31.8 Å². The maximum atomic E-state index is 13.0. The molecule has 2 aromatic carbocycles. The Bertz CT molecular complexity index is 1000. The van der Waals surface area contributed by atoms with E-state index >= 15 is 0 Å². The van der Waals surface area contributed by atoms with E-state index in [2.05, 4.69) is 0 Å². The number of nitrogens with zero attached hydrogens (tertiary/aromatic N) is 1. The summed E-state index contributed by atoms with van der Waals surface area (Å²) in [6, 6.07) is 14.7. The molecule has 2 N–H and O–H groups in total. The first-order valence-corrected chi connectivity index (χ1v) is 10.1. The van der Waals surface area contributed by atoms with Crippen LogP contribution in [0.4, 0.5) is 0 Å². The van der Waals surface area contributed by atoms with E-state index in [-0.39, 0.29) is 10.8 Å². The van der Waals surface area contributed by atoms with Gasteiger partial charge in [0.15, 0.2) is 0 Å². The number of primary sulfonamides is 1. The van der Waals surface area contributed by atoms with E-state index in [1.165, 1.54) is 12.1 Å². The van der Waals surface area contributed by atoms with Crippen LogP contribution < -0.4 is 5.14 Å². The second-order valence-corrected chi connectivity index (χ2v) is 8.51. The third-order valence-electron chi connectivity index (χ3n) is 4.96. The number of rotatable bonds is 4. The van der Waals surface area contributed by atoms with Crippen molar-refractivity contribution >= 4 is 27.1 Å². The first-order chi connectivity index (χ1) is 12.3. The molecule has 1 amide bonds. The molecular formula is C20H20N2O3S. The Morgan fingerprint density at radius 1 is 0.962 bits per heavy atom. The van der Waals surface area contributed by atoms with Crippen LogP contribution in [0.15, 0.2) is 53.4 Å². The van der Waals surface area contributed by atoms with Crippen molar-refractivity contribution in [1.82, 2.24) is 4.90 Å². The lowest BCUT2D eigenvalue weighted by Gasteiger charge is -2.15. The Morgan fingerprint density at radius 3 is 2.08 bits per heavy atom. The van der Waals surface area contributed by atoms with Gasteiger partial charge in [0, 0.05) is 12.6 Å². The van der Waals surface area contributed by atoms with Gasteiger partial charge in [-0.1, -0.05) is 42.0 Å². The topological polar surface area (TPSA) is 80.5 Å². The average Bonchev–Trinajstić information content (AvgIpc) is 3.39. The Morgan fingerprint density at radius 2 is 1.54 bits per heavy atom. The van der Waals surface area contributed by atoms with Crippen LogP contribution in [0.1, 0.15) is 29.5 Å². The van der Waals surface area contributed by atoms with E-state index in [9.17, 15) is 13.2 Å². The predicted molar refractivity (Wildman–Crippen MR) is 101 cm³/mol. The number of amides is 1. The summed E-state index contributed by atoms with van der Waals surface area (Å²) in [5.41, 5.74) is 4.53. The highest BCUT2D eigenvalue weighted by atomic mass is 32.2. The van der Waals surface area contributed by atoms with Crippen molar-refractivity contribution < 1.29 is 13.2 Å².